The molecule has 7 heteroatoms. The number of nitrogens with one attached hydrogen (secondary N) is 1. The topological polar surface area (TPSA) is 46.1 Å². The van der Waals surface area contributed by atoms with Gasteiger partial charge in [0.15, 0.2) is 16.6 Å². The summed E-state index contributed by atoms with van der Waals surface area (Å²) in [6.45, 7) is 0. The van der Waals surface area contributed by atoms with Gasteiger partial charge in [-0.05, 0) is 41.4 Å². The molecule has 1 aliphatic heterocycles. The number of thiophene rings is 1. The maximum atomic E-state index is 5.44. The predicted octanol–water partition coefficient (Wildman–Crippen LogP) is 3.42. The molecule has 1 aromatic heterocycles. The lowest BCUT2D eigenvalue weighted by Gasteiger charge is -2.24. The summed E-state index contributed by atoms with van der Waals surface area (Å²) in [5, 5.41) is 12.3. The van der Waals surface area contributed by atoms with Crippen molar-refractivity contribution in [2.45, 2.75) is 12.5 Å². The predicted molar refractivity (Wildman–Crippen MR) is 101 cm³/mol. The SMILES string of the molecule is CNC(=S)N1N=C(c2cccs2)C[C@H]1c1ccc(OC)c(OC)c1. The van der Waals surface area contributed by atoms with Crippen LogP contribution < -0.4 is 14.8 Å². The first-order chi connectivity index (χ1) is 11.7. The van der Waals surface area contributed by atoms with Crippen LogP contribution in [0.15, 0.2) is 40.8 Å². The molecule has 0 spiro atoms. The van der Waals surface area contributed by atoms with E-state index < -0.39 is 0 Å². The summed E-state index contributed by atoms with van der Waals surface area (Å²) in [4.78, 5) is 1.17. The molecule has 1 N–H and O–H groups in total. The molecule has 0 fully saturated rings. The zero-order valence-electron chi connectivity index (χ0n) is 13.8. The van der Waals surface area contributed by atoms with Crippen LogP contribution in [0.5, 0.6) is 11.5 Å². The van der Waals surface area contributed by atoms with E-state index in [2.05, 4.69) is 16.8 Å². The molecule has 24 heavy (non-hydrogen) atoms. The van der Waals surface area contributed by atoms with E-state index in [1.807, 2.05) is 36.3 Å². The number of nitrogens with zero attached hydrogens (tertiary/aromatic N) is 2. The lowest BCUT2D eigenvalue weighted by molar-refractivity contribution is 0.346. The van der Waals surface area contributed by atoms with Gasteiger partial charge in [0.2, 0.25) is 0 Å². The number of thiocarbonyl (C=S) groups is 1. The summed E-state index contributed by atoms with van der Waals surface area (Å²) in [5.74, 6) is 1.41. The van der Waals surface area contributed by atoms with Gasteiger partial charge in [-0.2, -0.15) is 5.10 Å². The summed E-state index contributed by atoms with van der Waals surface area (Å²) in [5.41, 5.74) is 2.13. The highest BCUT2D eigenvalue weighted by atomic mass is 32.1. The van der Waals surface area contributed by atoms with Crippen LogP contribution in [0.2, 0.25) is 0 Å². The number of benzene rings is 1. The van der Waals surface area contributed by atoms with Crippen molar-refractivity contribution in [3.8, 4) is 11.5 Å². The number of hydrazone groups is 1. The standard InChI is InChI=1S/C17H19N3O2S2/c1-18-17(23)20-13(10-12(19-20)16-5-4-8-24-16)11-6-7-14(21-2)15(9-11)22-3/h4-9,13H,10H2,1-3H3,(H,18,23)/t13-/m0/s1. The third-order valence-electron chi connectivity index (χ3n) is 3.93. The van der Waals surface area contributed by atoms with E-state index in [0.29, 0.717) is 16.6 Å². The minimum Gasteiger partial charge on any atom is -0.493 e. The van der Waals surface area contributed by atoms with Crippen LogP contribution in [0.25, 0.3) is 0 Å². The second-order valence-corrected chi connectivity index (χ2v) is 6.59. The number of hydrogen-bond acceptors (Lipinski definition) is 5. The van der Waals surface area contributed by atoms with Crippen LogP contribution in [-0.2, 0) is 0 Å². The maximum Gasteiger partial charge on any atom is 0.189 e. The monoisotopic (exact) mass is 361 g/mol. The summed E-state index contributed by atoms with van der Waals surface area (Å²) < 4.78 is 10.8. The Morgan fingerprint density at radius 2 is 2.08 bits per heavy atom. The van der Waals surface area contributed by atoms with E-state index in [4.69, 9.17) is 26.8 Å². The van der Waals surface area contributed by atoms with E-state index >= 15 is 0 Å². The average Bonchev–Trinajstić information content (AvgIpc) is 3.29. The van der Waals surface area contributed by atoms with Gasteiger partial charge in [-0.25, -0.2) is 5.01 Å². The minimum atomic E-state index is 0.0295. The molecule has 2 heterocycles. The number of hydrogen-bond donors (Lipinski definition) is 1. The fourth-order valence-corrected chi connectivity index (χ4v) is 3.61. The number of methoxy groups -OCH3 is 2. The smallest absolute Gasteiger partial charge is 0.189 e. The van der Waals surface area contributed by atoms with E-state index in [9.17, 15) is 0 Å². The van der Waals surface area contributed by atoms with Crippen molar-refractivity contribution < 1.29 is 9.47 Å². The normalized spacial score (nSPS) is 16.7. The van der Waals surface area contributed by atoms with E-state index in [1.165, 1.54) is 4.88 Å². The van der Waals surface area contributed by atoms with Crippen LogP contribution >= 0.6 is 23.6 Å². The summed E-state index contributed by atoms with van der Waals surface area (Å²) in [6, 6.07) is 10.1. The molecule has 2 aromatic rings. The van der Waals surface area contributed by atoms with Gasteiger partial charge >= 0.3 is 0 Å². The molecule has 0 amide bonds. The fourth-order valence-electron chi connectivity index (χ4n) is 2.72. The third kappa shape index (κ3) is 3.09. The summed E-state index contributed by atoms with van der Waals surface area (Å²) in [6.07, 6.45) is 0.790. The number of ether oxygens (including phenoxy) is 2. The molecular weight excluding hydrogens is 342 g/mol. The molecular formula is C17H19N3O2S2. The Morgan fingerprint density at radius 3 is 2.71 bits per heavy atom. The van der Waals surface area contributed by atoms with E-state index in [0.717, 1.165) is 17.7 Å². The van der Waals surface area contributed by atoms with Crippen LogP contribution in [0.1, 0.15) is 22.9 Å². The number of rotatable bonds is 4. The second kappa shape index (κ2) is 7.19. The lowest BCUT2D eigenvalue weighted by atomic mass is 10.0. The molecule has 1 aromatic carbocycles. The van der Waals surface area contributed by atoms with Crippen molar-refractivity contribution in [1.82, 2.24) is 10.3 Å². The summed E-state index contributed by atoms with van der Waals surface area (Å²) >= 11 is 7.13. The van der Waals surface area contributed by atoms with Crippen LogP contribution in [0.4, 0.5) is 0 Å². The van der Waals surface area contributed by atoms with Gasteiger partial charge in [0.05, 0.1) is 30.9 Å². The molecule has 0 aliphatic carbocycles. The highest BCUT2D eigenvalue weighted by Gasteiger charge is 2.32. The van der Waals surface area contributed by atoms with Crippen LogP contribution in [-0.4, -0.2) is 37.1 Å². The zero-order chi connectivity index (χ0) is 17.1. The second-order valence-electron chi connectivity index (χ2n) is 5.26. The molecule has 0 saturated carbocycles. The minimum absolute atomic E-state index is 0.0295. The van der Waals surface area contributed by atoms with Crippen molar-refractivity contribution >= 4 is 34.4 Å². The average molecular weight is 361 g/mol. The van der Waals surface area contributed by atoms with Gasteiger partial charge in [0, 0.05) is 13.5 Å². The molecule has 126 valence electrons. The van der Waals surface area contributed by atoms with Crippen LogP contribution in [0.3, 0.4) is 0 Å². The molecule has 1 atom stereocenters. The highest BCUT2D eigenvalue weighted by Crippen LogP contribution is 2.37. The fraction of sp³-hybridized carbons (Fsp3) is 0.294. The first-order valence-corrected chi connectivity index (χ1v) is 8.81. The Labute approximate surface area is 150 Å². The van der Waals surface area contributed by atoms with Gasteiger partial charge in [0.25, 0.3) is 0 Å². The third-order valence-corrected chi connectivity index (χ3v) is 5.24. The van der Waals surface area contributed by atoms with Crippen LogP contribution in [0, 0.1) is 0 Å². The Balaban J connectivity index is 1.96. The molecule has 1 aliphatic rings. The Kier molecular flexibility index (Phi) is 5.01. The molecule has 3 rings (SSSR count). The Bertz CT molecular complexity index is 759. The Hall–Kier alpha value is -2.12. The Morgan fingerprint density at radius 1 is 1.29 bits per heavy atom. The molecule has 0 unspecified atom stereocenters. The van der Waals surface area contributed by atoms with Crippen molar-refractivity contribution in [1.29, 1.82) is 0 Å². The van der Waals surface area contributed by atoms with Gasteiger partial charge in [-0.3, -0.25) is 0 Å². The van der Waals surface area contributed by atoms with Gasteiger partial charge in [0.1, 0.15) is 0 Å². The summed E-state index contributed by atoms with van der Waals surface area (Å²) in [7, 11) is 5.08. The maximum absolute atomic E-state index is 5.44. The van der Waals surface area contributed by atoms with Gasteiger partial charge < -0.3 is 14.8 Å². The van der Waals surface area contributed by atoms with Crippen molar-refractivity contribution in [2.75, 3.05) is 21.3 Å². The molecule has 0 saturated heterocycles. The molecule has 5 nitrogen and oxygen atoms in total. The molecule has 0 bridgehead atoms. The first kappa shape index (κ1) is 16.7. The quantitative estimate of drug-likeness (QED) is 0.846. The van der Waals surface area contributed by atoms with Crippen molar-refractivity contribution in [2.24, 2.45) is 5.10 Å². The highest BCUT2D eigenvalue weighted by molar-refractivity contribution is 7.80. The largest absolute Gasteiger partial charge is 0.493 e. The van der Waals surface area contributed by atoms with Gasteiger partial charge in [-0.15, -0.1) is 11.3 Å². The van der Waals surface area contributed by atoms with Gasteiger partial charge in [-0.1, -0.05) is 12.1 Å². The first-order valence-electron chi connectivity index (χ1n) is 7.52. The van der Waals surface area contributed by atoms with E-state index in [1.54, 1.807) is 25.6 Å². The van der Waals surface area contributed by atoms with Crippen molar-refractivity contribution in [3.05, 3.63) is 46.2 Å². The van der Waals surface area contributed by atoms with E-state index in [-0.39, 0.29) is 6.04 Å². The molecule has 0 radical (unpaired) electrons. The van der Waals surface area contributed by atoms with Crippen molar-refractivity contribution in [3.63, 3.8) is 0 Å². The lowest BCUT2D eigenvalue weighted by Crippen LogP contribution is -2.34. The zero-order valence-corrected chi connectivity index (χ0v) is 15.4.